The number of hydrogen-bond donors (Lipinski definition) is 2. The number of hydrogen-bond acceptors (Lipinski definition) is 6. The molecule has 3 aromatic rings. The van der Waals surface area contributed by atoms with E-state index in [2.05, 4.69) is 10.6 Å². The maximum Gasteiger partial charge on any atom is 0.253 e. The van der Waals surface area contributed by atoms with E-state index in [1.165, 1.54) is 21.3 Å². The summed E-state index contributed by atoms with van der Waals surface area (Å²) in [4.78, 5) is 26.1. The van der Waals surface area contributed by atoms with Crippen molar-refractivity contribution >= 4 is 11.8 Å². The van der Waals surface area contributed by atoms with E-state index in [9.17, 15) is 9.59 Å². The van der Waals surface area contributed by atoms with E-state index >= 15 is 0 Å². The van der Waals surface area contributed by atoms with Crippen LogP contribution in [0, 0.1) is 0 Å². The monoisotopic (exact) mass is 464 g/mol. The fourth-order valence-corrected chi connectivity index (χ4v) is 3.30. The van der Waals surface area contributed by atoms with Gasteiger partial charge in [-0.25, -0.2) is 0 Å². The molecule has 3 rings (SSSR count). The van der Waals surface area contributed by atoms with Gasteiger partial charge in [-0.1, -0.05) is 18.2 Å². The zero-order chi connectivity index (χ0) is 24.5. The van der Waals surface area contributed by atoms with Crippen LogP contribution in [0.4, 0.5) is 0 Å². The van der Waals surface area contributed by atoms with Crippen LogP contribution in [0.15, 0.2) is 66.7 Å². The van der Waals surface area contributed by atoms with Crippen molar-refractivity contribution in [2.24, 2.45) is 0 Å². The van der Waals surface area contributed by atoms with Crippen molar-refractivity contribution in [3.05, 3.63) is 83.4 Å². The first-order valence-electron chi connectivity index (χ1n) is 10.7. The van der Waals surface area contributed by atoms with Crippen LogP contribution in [0.2, 0.25) is 0 Å². The lowest BCUT2D eigenvalue weighted by Crippen LogP contribution is -2.41. The summed E-state index contributed by atoms with van der Waals surface area (Å²) in [6.07, 6.45) is -0.859. The molecule has 0 fully saturated rings. The van der Waals surface area contributed by atoms with Crippen LogP contribution in [0.5, 0.6) is 23.0 Å². The van der Waals surface area contributed by atoms with Gasteiger partial charge in [0.25, 0.3) is 11.8 Å². The lowest BCUT2D eigenvalue weighted by Gasteiger charge is -2.22. The summed E-state index contributed by atoms with van der Waals surface area (Å²) in [6, 6.07) is 18.7. The van der Waals surface area contributed by atoms with Gasteiger partial charge in [0, 0.05) is 11.1 Å². The first-order valence-corrected chi connectivity index (χ1v) is 10.7. The molecule has 34 heavy (non-hydrogen) atoms. The highest BCUT2D eigenvalue weighted by molar-refractivity contribution is 5.97. The van der Waals surface area contributed by atoms with Crippen LogP contribution in [-0.2, 0) is 0 Å². The molecule has 0 unspecified atom stereocenters. The van der Waals surface area contributed by atoms with Gasteiger partial charge in [0.1, 0.15) is 17.7 Å². The van der Waals surface area contributed by atoms with E-state index in [1.54, 1.807) is 66.7 Å². The average molecular weight is 465 g/mol. The van der Waals surface area contributed by atoms with Crippen molar-refractivity contribution in [3.63, 3.8) is 0 Å². The van der Waals surface area contributed by atoms with Crippen molar-refractivity contribution in [2.45, 2.75) is 13.1 Å². The van der Waals surface area contributed by atoms with Gasteiger partial charge in [0.05, 0.1) is 27.9 Å². The summed E-state index contributed by atoms with van der Waals surface area (Å²) in [5.41, 5.74) is 1.38. The molecule has 8 nitrogen and oxygen atoms in total. The van der Waals surface area contributed by atoms with Crippen LogP contribution in [0.3, 0.4) is 0 Å². The topological polar surface area (TPSA) is 95.1 Å². The minimum absolute atomic E-state index is 0.386. The predicted octanol–water partition coefficient (Wildman–Crippen LogP) is 3.97. The maximum absolute atomic E-state index is 13.0. The molecule has 0 aliphatic heterocycles. The van der Waals surface area contributed by atoms with Gasteiger partial charge < -0.3 is 29.6 Å². The molecule has 0 aliphatic rings. The Labute approximate surface area is 198 Å². The molecule has 0 aliphatic carbocycles. The summed E-state index contributed by atoms with van der Waals surface area (Å²) < 4.78 is 21.5. The van der Waals surface area contributed by atoms with Gasteiger partial charge in [-0.3, -0.25) is 9.59 Å². The zero-order valence-corrected chi connectivity index (χ0v) is 19.6. The molecule has 0 radical (unpaired) electrons. The smallest absolute Gasteiger partial charge is 0.253 e. The van der Waals surface area contributed by atoms with Gasteiger partial charge >= 0.3 is 0 Å². The molecule has 0 bridgehead atoms. The van der Waals surface area contributed by atoms with Gasteiger partial charge in [0.2, 0.25) is 0 Å². The van der Waals surface area contributed by atoms with Crippen molar-refractivity contribution in [3.8, 4) is 23.0 Å². The highest BCUT2D eigenvalue weighted by Crippen LogP contribution is 2.30. The lowest BCUT2D eigenvalue weighted by molar-refractivity contribution is 0.0883. The van der Waals surface area contributed by atoms with E-state index in [0.29, 0.717) is 46.3 Å². The minimum Gasteiger partial charge on any atom is -0.497 e. The number of amides is 2. The van der Waals surface area contributed by atoms with E-state index in [4.69, 9.17) is 18.9 Å². The van der Waals surface area contributed by atoms with Crippen LogP contribution in [0.25, 0.3) is 0 Å². The van der Waals surface area contributed by atoms with Gasteiger partial charge in [-0.05, 0) is 61.0 Å². The number of ether oxygens (including phenoxy) is 4. The molecular weight excluding hydrogens is 436 g/mol. The Morgan fingerprint density at radius 2 is 1.29 bits per heavy atom. The second-order valence-electron chi connectivity index (χ2n) is 7.19. The molecule has 0 heterocycles. The van der Waals surface area contributed by atoms with E-state index in [1.807, 2.05) is 6.92 Å². The van der Waals surface area contributed by atoms with Crippen LogP contribution >= 0.6 is 0 Å². The zero-order valence-electron chi connectivity index (χ0n) is 19.6. The number of nitrogens with one attached hydrogen (secondary N) is 2. The molecule has 0 atom stereocenters. The van der Waals surface area contributed by atoms with E-state index in [0.717, 1.165) is 0 Å². The third-order valence-corrected chi connectivity index (χ3v) is 5.04. The summed E-state index contributed by atoms with van der Waals surface area (Å²) in [7, 11) is 4.58. The number of methoxy groups -OCH3 is 3. The van der Waals surface area contributed by atoms with Crippen LogP contribution in [-0.4, -0.2) is 39.8 Å². The molecule has 2 N–H and O–H groups in total. The van der Waals surface area contributed by atoms with Gasteiger partial charge in [-0.15, -0.1) is 0 Å². The van der Waals surface area contributed by atoms with Crippen LogP contribution in [0.1, 0.15) is 39.4 Å². The highest BCUT2D eigenvalue weighted by Gasteiger charge is 2.21. The molecule has 2 amide bonds. The molecule has 0 spiro atoms. The fourth-order valence-electron chi connectivity index (χ4n) is 3.30. The Kier molecular flexibility index (Phi) is 8.34. The SMILES string of the molecule is CCOc1ccc(C(NC(=O)c2cccc(OC)c2)NC(=O)c2cccc(OC)c2)cc1OC. The number of carbonyl (C=O) groups excluding carboxylic acids is 2. The quantitative estimate of drug-likeness (QED) is 0.441. The Hall–Kier alpha value is -4.20. The van der Waals surface area contributed by atoms with Crippen molar-refractivity contribution < 1.29 is 28.5 Å². The Balaban J connectivity index is 1.93. The second kappa shape index (κ2) is 11.6. The highest BCUT2D eigenvalue weighted by atomic mass is 16.5. The summed E-state index contributed by atoms with van der Waals surface area (Å²) in [5, 5.41) is 5.76. The molecule has 178 valence electrons. The number of benzene rings is 3. The van der Waals surface area contributed by atoms with Crippen LogP contribution < -0.4 is 29.6 Å². The minimum atomic E-state index is -0.859. The molecule has 8 heteroatoms. The standard InChI is InChI=1S/C26H28N2O6/c1-5-34-22-13-12-17(16-23(22)33-4)24(27-25(29)18-8-6-10-20(14-18)31-2)28-26(30)19-9-7-11-21(15-19)32-3/h6-16,24H,5H2,1-4H3,(H,27,29)(H,28,30). The van der Waals surface area contributed by atoms with Crippen molar-refractivity contribution in [2.75, 3.05) is 27.9 Å². The number of carbonyl (C=O) groups is 2. The molecule has 0 saturated carbocycles. The van der Waals surface area contributed by atoms with Gasteiger partial charge in [0.15, 0.2) is 11.5 Å². The van der Waals surface area contributed by atoms with E-state index < -0.39 is 6.17 Å². The summed E-state index contributed by atoms with van der Waals surface area (Å²) >= 11 is 0. The molecule has 3 aromatic carbocycles. The van der Waals surface area contributed by atoms with Crippen molar-refractivity contribution in [1.82, 2.24) is 10.6 Å². The first-order chi connectivity index (χ1) is 16.5. The Morgan fingerprint density at radius 3 is 1.76 bits per heavy atom. The molecular formula is C26H28N2O6. The average Bonchev–Trinajstić information content (AvgIpc) is 2.88. The lowest BCUT2D eigenvalue weighted by atomic mass is 10.1. The first kappa shape index (κ1) is 24.4. The third-order valence-electron chi connectivity index (χ3n) is 5.04. The summed E-state index contributed by atoms with van der Waals surface area (Å²) in [6.45, 7) is 2.34. The molecule has 0 aromatic heterocycles. The maximum atomic E-state index is 13.0. The van der Waals surface area contributed by atoms with E-state index in [-0.39, 0.29) is 11.8 Å². The summed E-state index contributed by atoms with van der Waals surface area (Å²) in [5.74, 6) is 1.37. The third kappa shape index (κ3) is 5.98. The Morgan fingerprint density at radius 1 is 0.735 bits per heavy atom. The van der Waals surface area contributed by atoms with Gasteiger partial charge in [-0.2, -0.15) is 0 Å². The Bertz CT molecular complexity index is 1090. The largest absolute Gasteiger partial charge is 0.497 e. The predicted molar refractivity (Wildman–Crippen MR) is 128 cm³/mol. The second-order valence-corrected chi connectivity index (χ2v) is 7.19. The normalized spacial score (nSPS) is 10.4. The fraction of sp³-hybridized carbons (Fsp3) is 0.231. The van der Waals surface area contributed by atoms with Crippen molar-refractivity contribution in [1.29, 1.82) is 0 Å². The molecule has 0 saturated heterocycles. The number of rotatable bonds is 10.